The van der Waals surface area contributed by atoms with Crippen molar-refractivity contribution in [3.63, 3.8) is 0 Å². The molecular formula is C16H21F6N7. The van der Waals surface area contributed by atoms with E-state index in [0.29, 0.717) is 30.3 Å². The van der Waals surface area contributed by atoms with Crippen LogP contribution in [-0.4, -0.2) is 52.5 Å². The standard InChI is InChI=1S/C16H21F6N7/c1-9-11(16(24)25-6-12(13(23)27-16)15(20,21)22)7-26-29(9)10-2-4-28(5-3-10)8-14(17,18)19/h6-7,10,25H,2-5,8,24H2,1H3,(H2,23,27). The Hall–Kier alpha value is -2.28. The molecule has 0 bridgehead atoms. The number of nitrogens with one attached hydrogen (secondary N) is 1. The molecule has 1 aromatic heterocycles. The van der Waals surface area contributed by atoms with Crippen LogP contribution in [0.1, 0.15) is 30.1 Å². The van der Waals surface area contributed by atoms with E-state index in [0.717, 1.165) is 0 Å². The lowest BCUT2D eigenvalue weighted by Gasteiger charge is -2.33. The second kappa shape index (κ2) is 7.20. The van der Waals surface area contributed by atoms with E-state index in [-0.39, 0.29) is 19.1 Å². The zero-order valence-corrected chi connectivity index (χ0v) is 15.5. The summed E-state index contributed by atoms with van der Waals surface area (Å²) < 4.78 is 77.9. The highest BCUT2D eigenvalue weighted by molar-refractivity contribution is 5.99. The predicted octanol–water partition coefficient (Wildman–Crippen LogP) is 1.87. The number of aromatic nitrogens is 2. The fraction of sp³-hybridized carbons (Fsp3) is 0.625. The number of hydrogen-bond acceptors (Lipinski definition) is 6. The van der Waals surface area contributed by atoms with Gasteiger partial charge in [0.2, 0.25) is 5.79 Å². The van der Waals surface area contributed by atoms with Gasteiger partial charge in [-0.05, 0) is 19.8 Å². The van der Waals surface area contributed by atoms with Gasteiger partial charge in [0.05, 0.1) is 24.3 Å². The van der Waals surface area contributed by atoms with Crippen molar-refractivity contribution in [3.8, 4) is 0 Å². The molecule has 1 atom stereocenters. The first-order chi connectivity index (χ1) is 13.3. The number of halogens is 6. The highest BCUT2D eigenvalue weighted by Crippen LogP contribution is 2.33. The number of rotatable bonds is 3. The Balaban J connectivity index is 1.75. The number of aliphatic imine (C=N–C) groups is 1. The number of alkyl halides is 6. The minimum atomic E-state index is -4.68. The fourth-order valence-corrected chi connectivity index (χ4v) is 3.64. The summed E-state index contributed by atoms with van der Waals surface area (Å²) in [6, 6.07) is -0.150. The SMILES string of the molecule is Cc1c(C2(N)N=C(N)C(C(F)(F)F)=CN2)cnn1C1CCN(CC(F)(F)F)CC1. The smallest absolute Gasteiger partial charge is 0.383 e. The molecule has 1 aromatic rings. The van der Waals surface area contributed by atoms with E-state index in [1.807, 2.05) is 0 Å². The van der Waals surface area contributed by atoms with Crippen molar-refractivity contribution in [2.24, 2.45) is 16.5 Å². The first-order valence-electron chi connectivity index (χ1n) is 8.83. The van der Waals surface area contributed by atoms with Crippen molar-refractivity contribution in [1.82, 2.24) is 20.0 Å². The van der Waals surface area contributed by atoms with Crippen molar-refractivity contribution in [2.75, 3.05) is 19.6 Å². The third-order valence-corrected chi connectivity index (χ3v) is 5.08. The van der Waals surface area contributed by atoms with Gasteiger partial charge in [-0.1, -0.05) is 0 Å². The average Bonchev–Trinajstić information content (AvgIpc) is 2.95. The Morgan fingerprint density at radius 3 is 2.34 bits per heavy atom. The van der Waals surface area contributed by atoms with Gasteiger partial charge in [-0.2, -0.15) is 31.4 Å². The van der Waals surface area contributed by atoms with E-state index < -0.39 is 36.1 Å². The first-order valence-corrected chi connectivity index (χ1v) is 8.83. The summed E-state index contributed by atoms with van der Waals surface area (Å²) in [5, 5.41) is 6.69. The van der Waals surface area contributed by atoms with Gasteiger partial charge in [-0.25, -0.2) is 4.99 Å². The second-order valence-corrected chi connectivity index (χ2v) is 7.17. The van der Waals surface area contributed by atoms with E-state index in [1.165, 1.54) is 11.1 Å². The third kappa shape index (κ3) is 4.50. The summed E-state index contributed by atoms with van der Waals surface area (Å²) >= 11 is 0. The van der Waals surface area contributed by atoms with Crippen molar-refractivity contribution in [2.45, 2.75) is 43.9 Å². The number of nitrogens with two attached hydrogens (primary N) is 2. The quantitative estimate of drug-likeness (QED) is 0.643. The Morgan fingerprint density at radius 2 is 1.83 bits per heavy atom. The molecule has 3 heterocycles. The van der Waals surface area contributed by atoms with Crippen LogP contribution in [0, 0.1) is 6.92 Å². The maximum absolute atomic E-state index is 12.9. The van der Waals surface area contributed by atoms with E-state index in [4.69, 9.17) is 11.5 Å². The Morgan fingerprint density at radius 1 is 1.21 bits per heavy atom. The Labute approximate surface area is 162 Å². The van der Waals surface area contributed by atoms with Crippen LogP contribution >= 0.6 is 0 Å². The highest BCUT2D eigenvalue weighted by Gasteiger charge is 2.42. The molecule has 2 aliphatic rings. The van der Waals surface area contributed by atoms with E-state index in [1.54, 1.807) is 11.6 Å². The van der Waals surface area contributed by atoms with Crippen molar-refractivity contribution in [3.05, 3.63) is 29.2 Å². The maximum atomic E-state index is 12.9. The van der Waals surface area contributed by atoms with Crippen LogP contribution in [0.2, 0.25) is 0 Å². The van der Waals surface area contributed by atoms with E-state index in [9.17, 15) is 26.3 Å². The Bertz CT molecular complexity index is 817. The van der Waals surface area contributed by atoms with Gasteiger partial charge in [0.15, 0.2) is 0 Å². The predicted molar refractivity (Wildman–Crippen MR) is 92.5 cm³/mol. The molecule has 1 saturated heterocycles. The number of likely N-dealkylation sites (tertiary alicyclic amines) is 1. The van der Waals surface area contributed by atoms with Gasteiger partial charge in [0, 0.05) is 25.0 Å². The molecular weight excluding hydrogens is 404 g/mol. The van der Waals surface area contributed by atoms with E-state index >= 15 is 0 Å². The van der Waals surface area contributed by atoms with Crippen LogP contribution in [0.4, 0.5) is 26.3 Å². The minimum absolute atomic E-state index is 0.150. The number of nitrogens with zero attached hydrogens (tertiary/aromatic N) is 4. The average molecular weight is 425 g/mol. The molecule has 29 heavy (non-hydrogen) atoms. The minimum Gasteiger partial charge on any atom is -0.383 e. The molecule has 2 aliphatic heterocycles. The molecule has 5 N–H and O–H groups in total. The van der Waals surface area contributed by atoms with Crippen molar-refractivity contribution < 1.29 is 26.3 Å². The summed E-state index contributed by atoms with van der Waals surface area (Å²) in [7, 11) is 0. The van der Waals surface area contributed by atoms with Crippen LogP contribution in [0.3, 0.4) is 0 Å². The van der Waals surface area contributed by atoms with Gasteiger partial charge in [-0.3, -0.25) is 15.3 Å². The largest absolute Gasteiger partial charge is 0.421 e. The maximum Gasteiger partial charge on any atom is 0.421 e. The fourth-order valence-electron chi connectivity index (χ4n) is 3.64. The summed E-state index contributed by atoms with van der Waals surface area (Å²) in [4.78, 5) is 5.12. The lowest BCUT2D eigenvalue weighted by molar-refractivity contribution is -0.148. The molecule has 3 rings (SSSR count). The summed E-state index contributed by atoms with van der Waals surface area (Å²) in [5.41, 5.74) is 11.4. The van der Waals surface area contributed by atoms with Gasteiger partial charge in [0.25, 0.3) is 0 Å². The van der Waals surface area contributed by atoms with Crippen molar-refractivity contribution >= 4 is 5.84 Å². The lowest BCUT2D eigenvalue weighted by atomic mass is 10.0. The molecule has 0 spiro atoms. The molecule has 0 saturated carbocycles. The van der Waals surface area contributed by atoms with Gasteiger partial charge < -0.3 is 11.1 Å². The number of piperidine rings is 1. The number of hydrogen-bond donors (Lipinski definition) is 3. The van der Waals surface area contributed by atoms with Crippen LogP contribution < -0.4 is 16.8 Å². The van der Waals surface area contributed by atoms with Crippen molar-refractivity contribution in [1.29, 1.82) is 0 Å². The summed E-state index contributed by atoms with van der Waals surface area (Å²) in [5.74, 6) is -2.47. The zero-order valence-electron chi connectivity index (χ0n) is 15.5. The highest BCUT2D eigenvalue weighted by atomic mass is 19.4. The van der Waals surface area contributed by atoms with Crippen LogP contribution in [0.25, 0.3) is 0 Å². The molecule has 0 amide bonds. The summed E-state index contributed by atoms with van der Waals surface area (Å²) in [6.07, 6.45) is -5.96. The normalized spacial score (nSPS) is 24.8. The van der Waals surface area contributed by atoms with Crippen LogP contribution in [0.15, 0.2) is 23.0 Å². The molecule has 1 unspecified atom stereocenters. The van der Waals surface area contributed by atoms with Gasteiger partial charge >= 0.3 is 12.4 Å². The number of amidine groups is 1. The molecule has 0 radical (unpaired) electrons. The van der Waals surface area contributed by atoms with Gasteiger partial charge in [0.1, 0.15) is 11.4 Å². The lowest BCUT2D eigenvalue weighted by Crippen LogP contribution is -2.52. The second-order valence-electron chi connectivity index (χ2n) is 7.17. The third-order valence-electron chi connectivity index (χ3n) is 5.08. The molecule has 1 fully saturated rings. The molecule has 162 valence electrons. The molecule has 0 aromatic carbocycles. The summed E-state index contributed by atoms with van der Waals surface area (Å²) in [6.45, 7) is 1.23. The first kappa shape index (κ1) is 21.4. The molecule has 7 nitrogen and oxygen atoms in total. The topological polar surface area (TPSA) is 97.5 Å². The monoisotopic (exact) mass is 425 g/mol. The molecule has 13 heteroatoms. The van der Waals surface area contributed by atoms with E-state index in [2.05, 4.69) is 15.4 Å². The molecule has 0 aliphatic carbocycles. The Kier molecular flexibility index (Phi) is 5.32. The van der Waals surface area contributed by atoms with Crippen LogP contribution in [-0.2, 0) is 5.79 Å². The zero-order chi connectivity index (χ0) is 21.6. The van der Waals surface area contributed by atoms with Crippen LogP contribution in [0.5, 0.6) is 0 Å². The van der Waals surface area contributed by atoms with Gasteiger partial charge in [-0.15, -0.1) is 0 Å².